The van der Waals surface area contributed by atoms with Crippen LogP contribution in [0.25, 0.3) is 0 Å². The van der Waals surface area contributed by atoms with Crippen LogP contribution >= 0.6 is 0 Å². The molecule has 6 heteroatoms. The Balaban J connectivity index is 2.32. The van der Waals surface area contributed by atoms with Crippen molar-refractivity contribution in [3.63, 3.8) is 0 Å². The fourth-order valence-corrected chi connectivity index (χ4v) is 3.58. The molecule has 102 valence electrons. The Morgan fingerprint density at radius 2 is 2.29 bits per heavy atom. The van der Waals surface area contributed by atoms with E-state index in [1.165, 1.54) is 0 Å². The smallest absolute Gasteiger partial charge is 0.152 e. The van der Waals surface area contributed by atoms with Gasteiger partial charge in [-0.3, -0.25) is 0 Å². The summed E-state index contributed by atoms with van der Waals surface area (Å²) in [7, 11) is -3.05. The van der Waals surface area contributed by atoms with Gasteiger partial charge in [0.25, 0.3) is 0 Å². The standard InChI is InChI=1S/C11H23NO4S/c1-2-15-10(8-12)5-7-17(13,14)9-11-4-3-6-16-11/h10-11H,2-9,12H2,1H3. The lowest BCUT2D eigenvalue weighted by atomic mass is 10.3. The molecule has 1 rings (SSSR count). The SMILES string of the molecule is CCOC(CN)CCS(=O)(=O)CC1CCCO1. The fourth-order valence-electron chi connectivity index (χ4n) is 1.96. The van der Waals surface area contributed by atoms with Crippen molar-refractivity contribution in [2.24, 2.45) is 5.73 Å². The van der Waals surface area contributed by atoms with Gasteiger partial charge in [0.1, 0.15) is 0 Å². The van der Waals surface area contributed by atoms with Gasteiger partial charge in [0, 0.05) is 19.8 Å². The summed E-state index contributed by atoms with van der Waals surface area (Å²) in [6, 6.07) is 0. The molecule has 1 aliphatic rings. The monoisotopic (exact) mass is 265 g/mol. The average molecular weight is 265 g/mol. The lowest BCUT2D eigenvalue weighted by Crippen LogP contribution is -2.29. The molecule has 0 aromatic carbocycles. The van der Waals surface area contributed by atoms with Gasteiger partial charge >= 0.3 is 0 Å². The Bertz CT molecular complexity index is 299. The minimum atomic E-state index is -3.05. The van der Waals surface area contributed by atoms with Gasteiger partial charge in [0.05, 0.1) is 23.7 Å². The van der Waals surface area contributed by atoms with Crippen LogP contribution in [0.2, 0.25) is 0 Å². The maximum Gasteiger partial charge on any atom is 0.152 e. The minimum Gasteiger partial charge on any atom is -0.377 e. The lowest BCUT2D eigenvalue weighted by molar-refractivity contribution is 0.0669. The Kier molecular flexibility index (Phi) is 6.40. The molecule has 0 saturated carbocycles. The van der Waals surface area contributed by atoms with Crippen molar-refractivity contribution in [3.05, 3.63) is 0 Å². The highest BCUT2D eigenvalue weighted by molar-refractivity contribution is 7.91. The first-order valence-electron chi connectivity index (χ1n) is 6.21. The van der Waals surface area contributed by atoms with Gasteiger partial charge in [0.15, 0.2) is 9.84 Å². The Morgan fingerprint density at radius 1 is 1.53 bits per heavy atom. The highest BCUT2D eigenvalue weighted by atomic mass is 32.2. The zero-order valence-corrected chi connectivity index (χ0v) is 11.2. The first-order chi connectivity index (χ1) is 8.07. The van der Waals surface area contributed by atoms with Gasteiger partial charge in [-0.2, -0.15) is 0 Å². The molecule has 0 radical (unpaired) electrons. The molecule has 1 heterocycles. The number of rotatable bonds is 8. The zero-order valence-electron chi connectivity index (χ0n) is 10.4. The minimum absolute atomic E-state index is 0.108. The number of sulfone groups is 1. The van der Waals surface area contributed by atoms with Crippen LogP contribution in [0.3, 0.4) is 0 Å². The number of hydrogen-bond acceptors (Lipinski definition) is 5. The second kappa shape index (κ2) is 7.31. The summed E-state index contributed by atoms with van der Waals surface area (Å²) in [5.74, 6) is 0.269. The summed E-state index contributed by atoms with van der Waals surface area (Å²) >= 11 is 0. The predicted molar refractivity (Wildman–Crippen MR) is 66.7 cm³/mol. The summed E-state index contributed by atoms with van der Waals surface area (Å²) in [4.78, 5) is 0. The molecule has 0 aromatic heterocycles. The molecule has 5 nitrogen and oxygen atoms in total. The van der Waals surface area contributed by atoms with Crippen LogP contribution < -0.4 is 5.73 Å². The second-order valence-electron chi connectivity index (χ2n) is 4.35. The van der Waals surface area contributed by atoms with Gasteiger partial charge < -0.3 is 15.2 Å². The van der Waals surface area contributed by atoms with Crippen molar-refractivity contribution in [1.29, 1.82) is 0 Å². The van der Waals surface area contributed by atoms with E-state index in [2.05, 4.69) is 0 Å². The topological polar surface area (TPSA) is 78.6 Å². The summed E-state index contributed by atoms with van der Waals surface area (Å²) in [5.41, 5.74) is 5.51. The molecule has 0 amide bonds. The van der Waals surface area contributed by atoms with Crippen molar-refractivity contribution in [3.8, 4) is 0 Å². The van der Waals surface area contributed by atoms with Crippen LogP contribution in [0.15, 0.2) is 0 Å². The van der Waals surface area contributed by atoms with Gasteiger partial charge in [-0.25, -0.2) is 8.42 Å². The third-order valence-electron chi connectivity index (χ3n) is 2.88. The molecule has 2 unspecified atom stereocenters. The van der Waals surface area contributed by atoms with E-state index in [9.17, 15) is 8.42 Å². The average Bonchev–Trinajstić information content (AvgIpc) is 2.76. The van der Waals surface area contributed by atoms with Crippen molar-refractivity contribution in [1.82, 2.24) is 0 Å². The molecule has 0 spiro atoms. The third kappa shape index (κ3) is 5.81. The predicted octanol–water partition coefficient (Wildman–Crippen LogP) is 0.334. The Morgan fingerprint density at radius 3 is 2.82 bits per heavy atom. The molecule has 2 N–H and O–H groups in total. The molecule has 0 bridgehead atoms. The van der Waals surface area contributed by atoms with Gasteiger partial charge in [-0.05, 0) is 26.2 Å². The molecule has 0 aromatic rings. The normalized spacial score (nSPS) is 22.8. The maximum atomic E-state index is 11.8. The zero-order chi connectivity index (χ0) is 12.7. The van der Waals surface area contributed by atoms with Crippen LogP contribution in [-0.4, -0.2) is 51.9 Å². The van der Waals surface area contributed by atoms with Crippen molar-refractivity contribution in [2.75, 3.05) is 31.3 Å². The maximum absolute atomic E-state index is 11.8. The van der Waals surface area contributed by atoms with Crippen LogP contribution in [0, 0.1) is 0 Å². The molecule has 1 aliphatic heterocycles. The van der Waals surface area contributed by atoms with E-state index in [4.69, 9.17) is 15.2 Å². The van der Waals surface area contributed by atoms with E-state index in [0.29, 0.717) is 26.2 Å². The van der Waals surface area contributed by atoms with Crippen LogP contribution in [0.4, 0.5) is 0 Å². The molecular formula is C11H23NO4S. The summed E-state index contributed by atoms with van der Waals surface area (Å²) in [6.07, 6.45) is 2.03. The van der Waals surface area contributed by atoms with E-state index in [1.807, 2.05) is 6.92 Å². The summed E-state index contributed by atoms with van der Waals surface area (Å²) in [6.45, 7) is 3.49. The second-order valence-corrected chi connectivity index (χ2v) is 6.58. The molecule has 0 aliphatic carbocycles. The first kappa shape index (κ1) is 14.9. The van der Waals surface area contributed by atoms with E-state index in [1.54, 1.807) is 0 Å². The highest BCUT2D eigenvalue weighted by Gasteiger charge is 2.24. The van der Waals surface area contributed by atoms with Crippen molar-refractivity contribution in [2.45, 2.75) is 38.4 Å². The van der Waals surface area contributed by atoms with E-state index >= 15 is 0 Å². The highest BCUT2D eigenvalue weighted by Crippen LogP contribution is 2.15. The van der Waals surface area contributed by atoms with E-state index in [-0.39, 0.29) is 23.7 Å². The molecule has 2 atom stereocenters. The molecule has 17 heavy (non-hydrogen) atoms. The van der Waals surface area contributed by atoms with Gasteiger partial charge in [-0.1, -0.05) is 0 Å². The number of ether oxygens (including phenoxy) is 2. The Labute approximate surface area is 104 Å². The fraction of sp³-hybridized carbons (Fsp3) is 1.00. The van der Waals surface area contributed by atoms with E-state index in [0.717, 1.165) is 12.8 Å². The van der Waals surface area contributed by atoms with E-state index < -0.39 is 9.84 Å². The van der Waals surface area contributed by atoms with Crippen molar-refractivity contribution < 1.29 is 17.9 Å². The molecular weight excluding hydrogens is 242 g/mol. The first-order valence-corrected chi connectivity index (χ1v) is 8.03. The van der Waals surface area contributed by atoms with Crippen molar-refractivity contribution >= 4 is 9.84 Å². The van der Waals surface area contributed by atoms with Crippen LogP contribution in [0.5, 0.6) is 0 Å². The molecule has 1 fully saturated rings. The summed E-state index contributed by atoms with van der Waals surface area (Å²) in [5, 5.41) is 0. The number of hydrogen-bond donors (Lipinski definition) is 1. The van der Waals surface area contributed by atoms with Gasteiger partial charge in [-0.15, -0.1) is 0 Å². The van der Waals surface area contributed by atoms with Gasteiger partial charge in [0.2, 0.25) is 0 Å². The largest absolute Gasteiger partial charge is 0.377 e. The lowest BCUT2D eigenvalue weighted by Gasteiger charge is -2.15. The third-order valence-corrected chi connectivity index (χ3v) is 4.62. The Hall–Kier alpha value is -0.170. The van der Waals surface area contributed by atoms with Crippen LogP contribution in [0.1, 0.15) is 26.2 Å². The summed E-state index contributed by atoms with van der Waals surface area (Å²) < 4.78 is 34.3. The van der Waals surface area contributed by atoms with Crippen LogP contribution in [-0.2, 0) is 19.3 Å². The number of nitrogens with two attached hydrogens (primary N) is 1. The molecule has 1 saturated heterocycles. The quantitative estimate of drug-likeness (QED) is 0.684.